The second kappa shape index (κ2) is 6.47. The third-order valence-corrected chi connectivity index (χ3v) is 3.81. The van der Waals surface area contributed by atoms with Crippen molar-refractivity contribution in [2.24, 2.45) is 0 Å². The SMILES string of the molecule is COc1ccc(C(=O)Nc2ccc(N3CCCC3)cn2)cc1. The molecule has 5 heteroatoms. The lowest BCUT2D eigenvalue weighted by molar-refractivity contribution is 0.102. The van der Waals surface area contributed by atoms with Gasteiger partial charge in [-0.3, -0.25) is 4.79 Å². The van der Waals surface area contributed by atoms with Crippen molar-refractivity contribution in [3.05, 3.63) is 48.2 Å². The van der Waals surface area contributed by atoms with Gasteiger partial charge >= 0.3 is 0 Å². The molecule has 2 aromatic rings. The molecule has 0 spiro atoms. The molecule has 1 fully saturated rings. The summed E-state index contributed by atoms with van der Waals surface area (Å²) in [7, 11) is 1.60. The molecule has 0 unspecified atom stereocenters. The molecule has 114 valence electrons. The first kappa shape index (κ1) is 14.4. The number of carbonyl (C=O) groups is 1. The number of anilines is 2. The van der Waals surface area contributed by atoms with Crippen LogP contribution in [0.2, 0.25) is 0 Å². The number of carbonyl (C=O) groups excluding carboxylic acids is 1. The van der Waals surface area contributed by atoms with Crippen LogP contribution in [-0.2, 0) is 0 Å². The average molecular weight is 297 g/mol. The molecule has 1 N–H and O–H groups in total. The van der Waals surface area contributed by atoms with E-state index in [0.717, 1.165) is 24.5 Å². The van der Waals surface area contributed by atoms with Crippen LogP contribution in [0.5, 0.6) is 5.75 Å². The Morgan fingerprint density at radius 1 is 1.14 bits per heavy atom. The number of nitrogens with zero attached hydrogens (tertiary/aromatic N) is 2. The third kappa shape index (κ3) is 3.19. The molecule has 22 heavy (non-hydrogen) atoms. The summed E-state index contributed by atoms with van der Waals surface area (Å²) in [6, 6.07) is 10.8. The highest BCUT2D eigenvalue weighted by Gasteiger charge is 2.13. The Hall–Kier alpha value is -2.56. The minimum absolute atomic E-state index is 0.177. The van der Waals surface area contributed by atoms with Crippen molar-refractivity contribution in [2.45, 2.75) is 12.8 Å². The summed E-state index contributed by atoms with van der Waals surface area (Å²) >= 11 is 0. The summed E-state index contributed by atoms with van der Waals surface area (Å²) < 4.78 is 5.08. The topological polar surface area (TPSA) is 54.5 Å². The molecule has 0 aliphatic carbocycles. The lowest BCUT2D eigenvalue weighted by Crippen LogP contribution is -2.18. The zero-order valence-corrected chi connectivity index (χ0v) is 12.6. The van der Waals surface area contributed by atoms with Crippen molar-refractivity contribution in [1.82, 2.24) is 4.98 Å². The van der Waals surface area contributed by atoms with Crippen molar-refractivity contribution in [3.63, 3.8) is 0 Å². The smallest absolute Gasteiger partial charge is 0.256 e. The Labute approximate surface area is 129 Å². The van der Waals surface area contributed by atoms with Gasteiger partial charge in [-0.05, 0) is 49.2 Å². The highest BCUT2D eigenvalue weighted by atomic mass is 16.5. The normalized spacial score (nSPS) is 14.0. The molecule has 5 nitrogen and oxygen atoms in total. The Morgan fingerprint density at radius 3 is 2.45 bits per heavy atom. The van der Waals surface area contributed by atoms with Crippen LogP contribution < -0.4 is 15.0 Å². The lowest BCUT2D eigenvalue weighted by atomic mass is 10.2. The number of hydrogen-bond donors (Lipinski definition) is 1. The van der Waals surface area contributed by atoms with Gasteiger partial charge in [0.15, 0.2) is 0 Å². The summed E-state index contributed by atoms with van der Waals surface area (Å²) in [5.41, 5.74) is 1.69. The fraction of sp³-hybridized carbons (Fsp3) is 0.294. The van der Waals surface area contributed by atoms with Crippen LogP contribution in [0.25, 0.3) is 0 Å². The second-order valence-corrected chi connectivity index (χ2v) is 5.28. The van der Waals surface area contributed by atoms with Crippen molar-refractivity contribution in [2.75, 3.05) is 30.4 Å². The van der Waals surface area contributed by atoms with Gasteiger partial charge < -0.3 is 15.0 Å². The predicted octanol–water partition coefficient (Wildman–Crippen LogP) is 2.94. The van der Waals surface area contributed by atoms with Crippen molar-refractivity contribution < 1.29 is 9.53 Å². The van der Waals surface area contributed by atoms with E-state index in [0.29, 0.717) is 11.4 Å². The third-order valence-electron chi connectivity index (χ3n) is 3.81. The fourth-order valence-electron chi connectivity index (χ4n) is 2.55. The first-order valence-corrected chi connectivity index (χ1v) is 7.43. The van der Waals surface area contributed by atoms with Gasteiger partial charge in [-0.25, -0.2) is 4.98 Å². The highest BCUT2D eigenvalue weighted by Crippen LogP contribution is 2.20. The van der Waals surface area contributed by atoms with Crippen LogP contribution >= 0.6 is 0 Å². The van der Waals surface area contributed by atoms with E-state index >= 15 is 0 Å². The van der Waals surface area contributed by atoms with E-state index in [4.69, 9.17) is 4.74 Å². The lowest BCUT2D eigenvalue weighted by Gasteiger charge is -2.17. The van der Waals surface area contributed by atoms with E-state index in [-0.39, 0.29) is 5.91 Å². The average Bonchev–Trinajstić information content (AvgIpc) is 3.10. The maximum atomic E-state index is 12.2. The van der Waals surface area contributed by atoms with Crippen LogP contribution in [0.3, 0.4) is 0 Å². The van der Waals surface area contributed by atoms with Gasteiger partial charge in [0.05, 0.1) is 19.0 Å². The van der Waals surface area contributed by atoms with Gasteiger partial charge in [0.2, 0.25) is 0 Å². The van der Waals surface area contributed by atoms with E-state index in [1.54, 1.807) is 31.4 Å². The number of pyridine rings is 1. The number of benzene rings is 1. The minimum atomic E-state index is -0.177. The highest BCUT2D eigenvalue weighted by molar-refractivity contribution is 6.03. The fourth-order valence-corrected chi connectivity index (χ4v) is 2.55. The van der Waals surface area contributed by atoms with Crippen LogP contribution in [-0.4, -0.2) is 31.1 Å². The molecule has 3 rings (SSSR count). The van der Waals surface area contributed by atoms with Gasteiger partial charge in [-0.1, -0.05) is 0 Å². The monoisotopic (exact) mass is 297 g/mol. The van der Waals surface area contributed by atoms with Gasteiger partial charge in [0.25, 0.3) is 5.91 Å². The van der Waals surface area contributed by atoms with E-state index in [2.05, 4.69) is 15.2 Å². The van der Waals surface area contributed by atoms with E-state index < -0.39 is 0 Å². The number of nitrogens with one attached hydrogen (secondary N) is 1. The van der Waals surface area contributed by atoms with Crippen molar-refractivity contribution >= 4 is 17.4 Å². The number of ether oxygens (including phenoxy) is 1. The number of hydrogen-bond acceptors (Lipinski definition) is 4. The maximum Gasteiger partial charge on any atom is 0.256 e. The number of rotatable bonds is 4. The molecule has 1 saturated heterocycles. The van der Waals surface area contributed by atoms with E-state index in [9.17, 15) is 4.79 Å². The number of aromatic nitrogens is 1. The first-order valence-electron chi connectivity index (χ1n) is 7.43. The second-order valence-electron chi connectivity index (χ2n) is 5.28. The minimum Gasteiger partial charge on any atom is -0.497 e. The molecule has 0 bridgehead atoms. The molecule has 0 atom stereocenters. The summed E-state index contributed by atoms with van der Waals surface area (Å²) in [6.45, 7) is 2.17. The Bertz CT molecular complexity index is 632. The molecule has 2 heterocycles. The van der Waals surface area contributed by atoms with Gasteiger partial charge in [0, 0.05) is 18.7 Å². The first-order chi connectivity index (χ1) is 10.8. The molecular formula is C17H19N3O2. The van der Waals surface area contributed by atoms with Gasteiger partial charge in [0.1, 0.15) is 11.6 Å². The zero-order chi connectivity index (χ0) is 15.4. The number of amides is 1. The Kier molecular flexibility index (Phi) is 4.23. The summed E-state index contributed by atoms with van der Waals surface area (Å²) in [5, 5.41) is 2.80. The quantitative estimate of drug-likeness (QED) is 0.942. The number of methoxy groups -OCH3 is 1. The maximum absolute atomic E-state index is 12.2. The molecule has 1 aromatic carbocycles. The summed E-state index contributed by atoms with van der Waals surface area (Å²) in [5.74, 6) is 1.11. The predicted molar refractivity (Wildman–Crippen MR) is 86.6 cm³/mol. The molecule has 1 aliphatic rings. The standard InChI is InChI=1S/C17H19N3O2/c1-22-15-7-4-13(5-8-15)17(21)19-16-9-6-14(12-18-16)20-10-2-3-11-20/h4-9,12H,2-3,10-11H2,1H3,(H,18,19,21). The van der Waals surface area contributed by atoms with Gasteiger partial charge in [-0.2, -0.15) is 0 Å². The molecular weight excluding hydrogens is 278 g/mol. The van der Waals surface area contributed by atoms with Crippen molar-refractivity contribution in [3.8, 4) is 5.75 Å². The molecule has 1 aliphatic heterocycles. The molecule has 0 saturated carbocycles. The van der Waals surface area contributed by atoms with Crippen LogP contribution in [0, 0.1) is 0 Å². The van der Waals surface area contributed by atoms with Crippen LogP contribution in [0.1, 0.15) is 23.2 Å². The molecule has 1 aromatic heterocycles. The van der Waals surface area contributed by atoms with E-state index in [1.807, 2.05) is 18.3 Å². The largest absolute Gasteiger partial charge is 0.497 e. The van der Waals surface area contributed by atoms with Crippen LogP contribution in [0.15, 0.2) is 42.6 Å². The Balaban J connectivity index is 1.65. The summed E-state index contributed by atoms with van der Waals surface area (Å²) in [6.07, 6.45) is 4.28. The van der Waals surface area contributed by atoms with E-state index in [1.165, 1.54) is 12.8 Å². The Morgan fingerprint density at radius 2 is 1.86 bits per heavy atom. The molecule has 0 radical (unpaired) electrons. The van der Waals surface area contributed by atoms with Crippen molar-refractivity contribution in [1.29, 1.82) is 0 Å². The summed E-state index contributed by atoms with van der Waals surface area (Å²) in [4.78, 5) is 18.8. The van der Waals surface area contributed by atoms with Gasteiger partial charge in [-0.15, -0.1) is 0 Å². The zero-order valence-electron chi connectivity index (χ0n) is 12.6. The van der Waals surface area contributed by atoms with Crippen LogP contribution in [0.4, 0.5) is 11.5 Å². The molecule has 1 amide bonds.